The molecule has 1 rings (SSSR count). The Morgan fingerprint density at radius 2 is 1.79 bits per heavy atom. The number of piperazine rings is 1. The molecule has 1 fully saturated rings. The van der Waals surface area contributed by atoms with Gasteiger partial charge < -0.3 is 5.32 Å². The number of hydrogen-bond acceptors (Lipinski definition) is 2. The monoisotopic (exact) mass is 268 g/mol. The Labute approximate surface area is 121 Å². The molecule has 0 saturated carbocycles. The van der Waals surface area contributed by atoms with Crippen molar-refractivity contribution in [1.82, 2.24) is 10.2 Å². The number of nitrogens with one attached hydrogen (secondary N) is 1. The highest BCUT2D eigenvalue weighted by Gasteiger charge is 2.41. The molecule has 2 heteroatoms. The normalized spacial score (nSPS) is 26.4. The molecular formula is C17H36N2. The second-order valence-corrected chi connectivity index (χ2v) is 7.69. The smallest absolute Gasteiger partial charge is 0.0304 e. The fraction of sp³-hybridized carbons (Fsp3) is 1.00. The zero-order valence-electron chi connectivity index (χ0n) is 14.3. The largest absolute Gasteiger partial charge is 0.308 e. The van der Waals surface area contributed by atoms with Crippen molar-refractivity contribution >= 4 is 0 Å². The molecule has 2 unspecified atom stereocenters. The third-order valence-electron chi connectivity index (χ3n) is 5.21. The summed E-state index contributed by atoms with van der Waals surface area (Å²) in [5.41, 5.74) is 0.698. The average molecular weight is 268 g/mol. The van der Waals surface area contributed by atoms with Crippen molar-refractivity contribution in [3.63, 3.8) is 0 Å². The van der Waals surface area contributed by atoms with Crippen LogP contribution in [0, 0.1) is 11.3 Å². The summed E-state index contributed by atoms with van der Waals surface area (Å²) in [5, 5.41) is 3.87. The SMILES string of the molecule is CCC(C)CN1CC(CC)(CC)NCC1C(C)(C)C. The zero-order chi connectivity index (χ0) is 14.7. The lowest BCUT2D eigenvalue weighted by Gasteiger charge is -2.52. The highest BCUT2D eigenvalue weighted by Crippen LogP contribution is 2.32. The van der Waals surface area contributed by atoms with Crippen LogP contribution in [0.3, 0.4) is 0 Å². The Hall–Kier alpha value is -0.0800. The van der Waals surface area contributed by atoms with E-state index in [0.717, 1.165) is 12.5 Å². The summed E-state index contributed by atoms with van der Waals surface area (Å²) in [6, 6.07) is 0.660. The van der Waals surface area contributed by atoms with E-state index in [9.17, 15) is 0 Å². The topological polar surface area (TPSA) is 15.3 Å². The zero-order valence-corrected chi connectivity index (χ0v) is 14.3. The van der Waals surface area contributed by atoms with Crippen LogP contribution in [-0.4, -0.2) is 36.1 Å². The van der Waals surface area contributed by atoms with Gasteiger partial charge in [-0.05, 0) is 24.2 Å². The lowest BCUT2D eigenvalue weighted by atomic mass is 9.79. The van der Waals surface area contributed by atoms with Crippen LogP contribution < -0.4 is 5.32 Å². The maximum atomic E-state index is 3.87. The molecule has 1 heterocycles. The predicted molar refractivity (Wildman–Crippen MR) is 85.6 cm³/mol. The fourth-order valence-corrected chi connectivity index (χ4v) is 3.30. The molecule has 1 aliphatic rings. The van der Waals surface area contributed by atoms with Crippen molar-refractivity contribution in [2.45, 2.75) is 79.3 Å². The summed E-state index contributed by atoms with van der Waals surface area (Å²) in [4.78, 5) is 2.78. The molecule has 114 valence electrons. The molecule has 0 spiro atoms. The van der Waals surface area contributed by atoms with Crippen LogP contribution in [-0.2, 0) is 0 Å². The van der Waals surface area contributed by atoms with Crippen molar-refractivity contribution in [2.75, 3.05) is 19.6 Å². The summed E-state index contributed by atoms with van der Waals surface area (Å²) in [6.07, 6.45) is 3.75. The Morgan fingerprint density at radius 1 is 1.21 bits per heavy atom. The molecule has 0 aromatic carbocycles. The van der Waals surface area contributed by atoms with Gasteiger partial charge in [0.1, 0.15) is 0 Å². The lowest BCUT2D eigenvalue weighted by Crippen LogP contribution is -2.66. The minimum Gasteiger partial charge on any atom is -0.308 e. The Balaban J connectivity index is 2.85. The van der Waals surface area contributed by atoms with Crippen LogP contribution in [0.5, 0.6) is 0 Å². The molecule has 0 radical (unpaired) electrons. The van der Waals surface area contributed by atoms with E-state index < -0.39 is 0 Å². The van der Waals surface area contributed by atoms with E-state index in [1.54, 1.807) is 0 Å². The van der Waals surface area contributed by atoms with E-state index in [-0.39, 0.29) is 0 Å². The van der Waals surface area contributed by atoms with Crippen molar-refractivity contribution in [3.05, 3.63) is 0 Å². The standard InChI is InChI=1S/C17H36N2/c1-8-14(4)12-19-13-17(9-2,10-3)18-11-15(19)16(5,6)7/h14-15,18H,8-13H2,1-7H3. The van der Waals surface area contributed by atoms with Gasteiger partial charge in [0.25, 0.3) is 0 Å². The van der Waals surface area contributed by atoms with Crippen molar-refractivity contribution < 1.29 is 0 Å². The molecular weight excluding hydrogens is 232 g/mol. The third-order valence-corrected chi connectivity index (χ3v) is 5.21. The van der Waals surface area contributed by atoms with Gasteiger partial charge in [-0.2, -0.15) is 0 Å². The minimum absolute atomic E-state index is 0.342. The summed E-state index contributed by atoms with van der Waals surface area (Å²) in [6.45, 7) is 20.1. The van der Waals surface area contributed by atoms with Gasteiger partial charge in [0.2, 0.25) is 0 Å². The van der Waals surface area contributed by atoms with Crippen molar-refractivity contribution in [1.29, 1.82) is 0 Å². The highest BCUT2D eigenvalue weighted by molar-refractivity contribution is 5.00. The van der Waals surface area contributed by atoms with Crippen LogP contribution in [0.15, 0.2) is 0 Å². The molecule has 1 N–H and O–H groups in total. The summed E-state index contributed by atoms with van der Waals surface area (Å²) >= 11 is 0. The lowest BCUT2D eigenvalue weighted by molar-refractivity contribution is 0.00979. The molecule has 2 nitrogen and oxygen atoms in total. The van der Waals surface area contributed by atoms with E-state index in [4.69, 9.17) is 0 Å². The van der Waals surface area contributed by atoms with E-state index in [1.165, 1.54) is 32.4 Å². The number of nitrogens with zero attached hydrogens (tertiary/aromatic N) is 1. The van der Waals surface area contributed by atoms with E-state index >= 15 is 0 Å². The molecule has 1 saturated heterocycles. The molecule has 2 atom stereocenters. The van der Waals surface area contributed by atoms with E-state index in [0.29, 0.717) is 17.0 Å². The van der Waals surface area contributed by atoms with Crippen LogP contribution in [0.4, 0.5) is 0 Å². The summed E-state index contributed by atoms with van der Waals surface area (Å²) < 4.78 is 0. The summed E-state index contributed by atoms with van der Waals surface area (Å²) in [7, 11) is 0. The maximum absolute atomic E-state index is 3.87. The van der Waals surface area contributed by atoms with Gasteiger partial charge in [-0.3, -0.25) is 4.90 Å². The third kappa shape index (κ3) is 4.19. The van der Waals surface area contributed by atoms with E-state index in [1.807, 2.05) is 0 Å². The van der Waals surface area contributed by atoms with E-state index in [2.05, 4.69) is 58.7 Å². The summed E-state index contributed by atoms with van der Waals surface area (Å²) in [5.74, 6) is 0.800. The van der Waals surface area contributed by atoms with Gasteiger partial charge in [-0.1, -0.05) is 54.9 Å². The Bertz CT molecular complexity index is 263. The fourth-order valence-electron chi connectivity index (χ4n) is 3.30. The number of rotatable bonds is 5. The van der Waals surface area contributed by atoms with Gasteiger partial charge in [-0.25, -0.2) is 0 Å². The predicted octanol–water partition coefficient (Wildman–Crippen LogP) is 3.91. The van der Waals surface area contributed by atoms with Crippen LogP contribution in [0.1, 0.15) is 67.7 Å². The molecule has 19 heavy (non-hydrogen) atoms. The quantitative estimate of drug-likeness (QED) is 0.813. The average Bonchev–Trinajstić information content (AvgIpc) is 2.37. The first-order valence-corrected chi connectivity index (χ1v) is 8.27. The minimum atomic E-state index is 0.342. The first-order valence-electron chi connectivity index (χ1n) is 8.27. The molecule has 0 aromatic rings. The second kappa shape index (κ2) is 6.58. The Kier molecular flexibility index (Phi) is 5.88. The Morgan fingerprint density at radius 3 is 2.21 bits per heavy atom. The molecule has 0 amide bonds. The highest BCUT2D eigenvalue weighted by atomic mass is 15.3. The first-order chi connectivity index (χ1) is 8.78. The van der Waals surface area contributed by atoms with Gasteiger partial charge in [-0.15, -0.1) is 0 Å². The van der Waals surface area contributed by atoms with Crippen LogP contribution in [0.25, 0.3) is 0 Å². The molecule has 0 aromatic heterocycles. The van der Waals surface area contributed by atoms with Crippen LogP contribution in [0.2, 0.25) is 0 Å². The second-order valence-electron chi connectivity index (χ2n) is 7.69. The molecule has 1 aliphatic heterocycles. The van der Waals surface area contributed by atoms with Crippen LogP contribution >= 0.6 is 0 Å². The molecule has 0 bridgehead atoms. The van der Waals surface area contributed by atoms with Crippen molar-refractivity contribution in [3.8, 4) is 0 Å². The first kappa shape index (κ1) is 17.0. The molecule has 0 aliphatic carbocycles. The maximum Gasteiger partial charge on any atom is 0.0304 e. The van der Waals surface area contributed by atoms with Gasteiger partial charge in [0.05, 0.1) is 0 Å². The van der Waals surface area contributed by atoms with Gasteiger partial charge in [0, 0.05) is 31.2 Å². The number of hydrogen-bond donors (Lipinski definition) is 1. The van der Waals surface area contributed by atoms with Crippen molar-refractivity contribution in [2.24, 2.45) is 11.3 Å². The van der Waals surface area contributed by atoms with Gasteiger partial charge >= 0.3 is 0 Å². The van der Waals surface area contributed by atoms with Gasteiger partial charge in [0.15, 0.2) is 0 Å².